The Balaban J connectivity index is 1.50. The molecule has 254 valence electrons. The molecular formula is C35H38Cl2N4O7. The smallest absolute Gasteiger partial charge is 0.413 e. The van der Waals surface area contributed by atoms with Crippen LogP contribution in [0.25, 0.3) is 11.1 Å². The van der Waals surface area contributed by atoms with Crippen LogP contribution in [-0.2, 0) is 14.3 Å². The molecule has 3 aromatic carbocycles. The monoisotopic (exact) mass is 696 g/mol. The zero-order valence-corrected chi connectivity index (χ0v) is 28.0. The molecule has 0 heterocycles. The van der Waals surface area contributed by atoms with Crippen LogP contribution in [-0.4, -0.2) is 53.8 Å². The Labute approximate surface area is 288 Å². The molecule has 0 spiro atoms. The van der Waals surface area contributed by atoms with E-state index in [1.54, 1.807) is 30.3 Å². The predicted molar refractivity (Wildman–Crippen MR) is 185 cm³/mol. The van der Waals surface area contributed by atoms with Gasteiger partial charge in [-0.3, -0.25) is 24.5 Å². The van der Waals surface area contributed by atoms with E-state index >= 15 is 0 Å². The number of carboxylic acid groups (broad SMARTS) is 1. The molecule has 3 aromatic rings. The molecule has 13 heteroatoms. The van der Waals surface area contributed by atoms with Gasteiger partial charge in [0.1, 0.15) is 0 Å². The first-order valence-corrected chi connectivity index (χ1v) is 16.2. The fraction of sp³-hybridized carbons (Fsp3) is 0.314. The Hall–Kier alpha value is -4.74. The van der Waals surface area contributed by atoms with Gasteiger partial charge >= 0.3 is 12.1 Å². The number of unbranched alkanes of at least 4 members (excludes halogenated alkanes) is 3. The highest BCUT2D eigenvalue weighted by molar-refractivity contribution is 6.40. The molecule has 5 N–H and O–H groups in total. The van der Waals surface area contributed by atoms with Crippen molar-refractivity contribution in [3.8, 4) is 11.1 Å². The third-order valence-electron chi connectivity index (χ3n) is 7.21. The number of aliphatic imine (C=N–C) groups is 1. The number of carboxylic acids is 1. The van der Waals surface area contributed by atoms with Crippen LogP contribution in [0.1, 0.15) is 72.6 Å². The number of rotatable bonds is 17. The van der Waals surface area contributed by atoms with Crippen LogP contribution >= 0.6 is 23.2 Å². The summed E-state index contributed by atoms with van der Waals surface area (Å²) in [7, 11) is 0. The molecule has 3 rings (SSSR count). The van der Waals surface area contributed by atoms with E-state index in [4.69, 9.17) is 33.7 Å². The van der Waals surface area contributed by atoms with Crippen LogP contribution in [0.15, 0.2) is 71.7 Å². The molecule has 0 saturated heterocycles. The van der Waals surface area contributed by atoms with Gasteiger partial charge in [-0.05, 0) is 41.8 Å². The van der Waals surface area contributed by atoms with E-state index in [0.29, 0.717) is 11.3 Å². The first-order chi connectivity index (χ1) is 23.0. The summed E-state index contributed by atoms with van der Waals surface area (Å²) < 4.78 is 5.06. The molecule has 0 radical (unpaired) electrons. The number of halogens is 2. The van der Waals surface area contributed by atoms with E-state index in [2.05, 4.69) is 22.5 Å². The van der Waals surface area contributed by atoms with Crippen molar-refractivity contribution in [2.45, 2.75) is 51.9 Å². The molecule has 0 fully saturated rings. The minimum atomic E-state index is -1.29. The molecule has 0 aliphatic carbocycles. The van der Waals surface area contributed by atoms with Crippen LogP contribution in [0.4, 0.5) is 10.5 Å². The fourth-order valence-electron chi connectivity index (χ4n) is 4.66. The number of hydrogen-bond acceptors (Lipinski definition) is 7. The van der Waals surface area contributed by atoms with Gasteiger partial charge in [0.25, 0.3) is 0 Å². The van der Waals surface area contributed by atoms with Crippen molar-refractivity contribution in [2.24, 2.45) is 16.6 Å². The molecule has 2 amide bonds. The number of nitrogens with one attached hydrogen (secondary N) is 2. The van der Waals surface area contributed by atoms with Crippen molar-refractivity contribution in [1.82, 2.24) is 10.6 Å². The number of carbonyl (C=O) groups excluding carboxylic acids is 4. The fourth-order valence-corrected chi connectivity index (χ4v) is 5.35. The van der Waals surface area contributed by atoms with Crippen LogP contribution in [0.3, 0.4) is 0 Å². The summed E-state index contributed by atoms with van der Waals surface area (Å²) >= 11 is 12.8. The average Bonchev–Trinajstić information content (AvgIpc) is 3.05. The highest BCUT2D eigenvalue weighted by Gasteiger charge is 2.26. The van der Waals surface area contributed by atoms with Gasteiger partial charge in [0.2, 0.25) is 11.9 Å². The maximum absolute atomic E-state index is 13.1. The molecule has 0 aliphatic heterocycles. The molecule has 0 aromatic heterocycles. The lowest BCUT2D eigenvalue weighted by molar-refractivity contribution is -0.141. The number of amides is 2. The zero-order chi connectivity index (χ0) is 35.1. The number of aliphatic carboxylic acids is 1. The number of ether oxygens (including phenoxy) is 1. The van der Waals surface area contributed by atoms with E-state index in [-0.39, 0.29) is 58.9 Å². The second-order valence-electron chi connectivity index (χ2n) is 10.9. The van der Waals surface area contributed by atoms with Crippen molar-refractivity contribution < 1.29 is 33.8 Å². The first-order valence-electron chi connectivity index (χ1n) is 15.5. The first kappa shape index (κ1) is 37.7. The molecule has 0 aliphatic rings. The summed E-state index contributed by atoms with van der Waals surface area (Å²) in [5.74, 6) is -4.28. The normalized spacial score (nSPS) is 11.8. The highest BCUT2D eigenvalue weighted by Crippen LogP contribution is 2.33. The Morgan fingerprint density at radius 2 is 1.58 bits per heavy atom. The number of hydrogen-bond donors (Lipinski definition) is 4. The molecule has 0 saturated carbocycles. The van der Waals surface area contributed by atoms with Gasteiger partial charge in [0.15, 0.2) is 11.6 Å². The Bertz CT molecular complexity index is 1620. The number of alkyl carbamates (subject to hydrolysis) is 1. The highest BCUT2D eigenvalue weighted by atomic mass is 35.5. The molecular weight excluding hydrogens is 659 g/mol. The van der Waals surface area contributed by atoms with Crippen LogP contribution in [0, 0.1) is 5.92 Å². The molecule has 11 nitrogen and oxygen atoms in total. The number of Topliss-reactive ketones (excluding diaryl/α,β-unsaturated/α-hetero) is 2. The van der Waals surface area contributed by atoms with Crippen molar-refractivity contribution >= 4 is 64.4 Å². The topological polar surface area (TPSA) is 177 Å². The maximum atomic E-state index is 13.1. The number of ketones is 2. The second-order valence-corrected chi connectivity index (χ2v) is 11.8. The van der Waals surface area contributed by atoms with E-state index in [1.807, 2.05) is 30.3 Å². The Morgan fingerprint density at radius 3 is 2.25 bits per heavy atom. The van der Waals surface area contributed by atoms with E-state index in [1.165, 1.54) is 6.07 Å². The van der Waals surface area contributed by atoms with Gasteiger partial charge in [0.05, 0.1) is 33.8 Å². The lowest BCUT2D eigenvalue weighted by Gasteiger charge is -2.15. The van der Waals surface area contributed by atoms with Crippen LogP contribution < -0.4 is 16.4 Å². The SMILES string of the molecule is CCCCCCOC(=O)NC(N)=Nc1cccc(C(=O)CCC(=O)NC[C@H](CC(=O)c2c(Cl)cc(-c3ccccc3)cc2Cl)C(=O)O)c1. The summed E-state index contributed by atoms with van der Waals surface area (Å²) in [6, 6.07) is 18.6. The van der Waals surface area contributed by atoms with Crippen molar-refractivity contribution in [3.05, 3.63) is 87.9 Å². The predicted octanol–water partition coefficient (Wildman–Crippen LogP) is 6.97. The van der Waals surface area contributed by atoms with E-state index < -0.39 is 36.1 Å². The molecule has 0 unspecified atom stereocenters. The van der Waals surface area contributed by atoms with Crippen LogP contribution in [0.2, 0.25) is 10.0 Å². The van der Waals surface area contributed by atoms with Gasteiger partial charge in [0, 0.05) is 31.4 Å². The second kappa shape index (κ2) is 19.2. The summed E-state index contributed by atoms with van der Waals surface area (Å²) in [5.41, 5.74) is 7.90. The lowest BCUT2D eigenvalue weighted by atomic mass is 9.96. The van der Waals surface area contributed by atoms with Crippen molar-refractivity contribution in [2.75, 3.05) is 13.2 Å². The van der Waals surface area contributed by atoms with Crippen LogP contribution in [0.5, 0.6) is 0 Å². The summed E-state index contributed by atoms with van der Waals surface area (Å²) in [6.07, 6.45) is 2.24. The standard InChI is InChI=1S/C35H38Cl2N4O7/c1-2-3-4-8-16-48-35(47)41-34(38)40-26-13-9-12-23(17-26)29(42)14-15-31(44)39-21-25(33(45)46)20-30(43)32-27(36)18-24(19-28(32)37)22-10-6-5-7-11-22/h5-7,9-13,17-19,25H,2-4,8,14-16,20-21H2,1H3,(H,39,44)(H,45,46)(H3,38,40,41,47)/t25-/m0/s1. The number of nitrogens with two attached hydrogens (primary N) is 1. The number of carbonyl (C=O) groups is 5. The van der Waals surface area contributed by atoms with E-state index in [9.17, 15) is 29.1 Å². The van der Waals surface area contributed by atoms with Gasteiger partial charge in [-0.15, -0.1) is 0 Å². The summed E-state index contributed by atoms with van der Waals surface area (Å²) in [4.78, 5) is 66.2. The lowest BCUT2D eigenvalue weighted by Crippen LogP contribution is -2.37. The molecule has 0 bridgehead atoms. The Kier molecular flexibility index (Phi) is 15.1. The quantitative estimate of drug-likeness (QED) is 0.0506. The van der Waals surface area contributed by atoms with Gasteiger partial charge in [-0.1, -0.05) is 91.9 Å². The van der Waals surface area contributed by atoms with Gasteiger partial charge in [-0.2, -0.15) is 0 Å². The third kappa shape index (κ3) is 12.1. The zero-order valence-electron chi connectivity index (χ0n) is 26.5. The number of benzene rings is 3. The average molecular weight is 698 g/mol. The number of nitrogens with zero attached hydrogens (tertiary/aromatic N) is 1. The van der Waals surface area contributed by atoms with Gasteiger partial charge in [-0.25, -0.2) is 9.79 Å². The Morgan fingerprint density at radius 1 is 0.875 bits per heavy atom. The summed E-state index contributed by atoms with van der Waals surface area (Å²) in [6.45, 7) is 2.00. The number of guanidine groups is 1. The minimum absolute atomic E-state index is 0.00280. The van der Waals surface area contributed by atoms with Crippen molar-refractivity contribution in [3.63, 3.8) is 0 Å². The minimum Gasteiger partial charge on any atom is -0.481 e. The van der Waals surface area contributed by atoms with Gasteiger partial charge < -0.3 is 20.9 Å². The summed E-state index contributed by atoms with van der Waals surface area (Å²) in [5, 5.41) is 14.7. The molecule has 48 heavy (non-hydrogen) atoms. The van der Waals surface area contributed by atoms with Crippen molar-refractivity contribution in [1.29, 1.82) is 0 Å². The maximum Gasteiger partial charge on any atom is 0.413 e. The third-order valence-corrected chi connectivity index (χ3v) is 7.81. The molecule has 1 atom stereocenters. The largest absolute Gasteiger partial charge is 0.481 e. The van der Waals surface area contributed by atoms with E-state index in [0.717, 1.165) is 31.2 Å².